The number of hydrogen-bond acceptors (Lipinski definition) is 6. The number of nitrogens with zero attached hydrogens (tertiary/aromatic N) is 2. The predicted octanol–water partition coefficient (Wildman–Crippen LogP) is 1.20. The number of ether oxygens (including phenoxy) is 1. The van der Waals surface area contributed by atoms with Gasteiger partial charge in [0, 0.05) is 24.5 Å². The van der Waals surface area contributed by atoms with Crippen LogP contribution in [0.1, 0.15) is 42.5 Å². The molecular formula is C17H22N2O5S. The van der Waals surface area contributed by atoms with E-state index in [1.165, 1.54) is 6.20 Å². The molecule has 0 radical (unpaired) electrons. The Labute approximate surface area is 147 Å². The standard InChI is InChI=1S/C17H22N2O5S/c20-16(11-24-17(21)13-4-3-8-18-10-13)19(14-5-1-2-6-14)15-7-9-25(22,23)12-15/h3-4,8,10,14-15H,1-2,5-7,9,11-12H2/t15-/m1/s1. The van der Waals surface area contributed by atoms with Gasteiger partial charge in [-0.05, 0) is 31.4 Å². The molecule has 25 heavy (non-hydrogen) atoms. The van der Waals surface area contributed by atoms with Crippen LogP contribution in [-0.2, 0) is 19.4 Å². The Morgan fingerprint density at radius 3 is 2.56 bits per heavy atom. The zero-order valence-corrected chi connectivity index (χ0v) is 14.8. The fraction of sp³-hybridized carbons (Fsp3) is 0.588. The van der Waals surface area contributed by atoms with Crippen molar-refractivity contribution in [2.45, 2.75) is 44.2 Å². The highest BCUT2D eigenvalue weighted by Gasteiger charge is 2.39. The molecule has 0 spiro atoms. The third kappa shape index (κ3) is 4.36. The topological polar surface area (TPSA) is 93.6 Å². The van der Waals surface area contributed by atoms with Crippen LogP contribution in [0, 0.1) is 0 Å². The van der Waals surface area contributed by atoms with Crippen LogP contribution in [0.4, 0.5) is 0 Å². The van der Waals surface area contributed by atoms with Crippen molar-refractivity contribution in [3.63, 3.8) is 0 Å². The number of carbonyl (C=O) groups is 2. The number of aromatic nitrogens is 1. The summed E-state index contributed by atoms with van der Waals surface area (Å²) in [6.45, 7) is -0.374. The third-order valence-electron chi connectivity index (χ3n) is 4.83. The van der Waals surface area contributed by atoms with E-state index in [2.05, 4.69) is 4.98 Å². The first kappa shape index (κ1) is 17.8. The smallest absolute Gasteiger partial charge is 0.340 e. The lowest BCUT2D eigenvalue weighted by molar-refractivity contribution is -0.139. The summed E-state index contributed by atoms with van der Waals surface area (Å²) in [5.74, 6) is -0.798. The molecule has 1 saturated heterocycles. The summed E-state index contributed by atoms with van der Waals surface area (Å²) in [5.41, 5.74) is 0.283. The predicted molar refractivity (Wildman–Crippen MR) is 90.7 cm³/mol. The number of amides is 1. The highest BCUT2D eigenvalue weighted by Crippen LogP contribution is 2.29. The lowest BCUT2D eigenvalue weighted by Gasteiger charge is -2.33. The molecule has 2 aliphatic rings. The molecule has 0 N–H and O–H groups in total. The van der Waals surface area contributed by atoms with Gasteiger partial charge >= 0.3 is 5.97 Å². The Morgan fingerprint density at radius 2 is 1.96 bits per heavy atom. The van der Waals surface area contributed by atoms with Crippen molar-refractivity contribution >= 4 is 21.7 Å². The van der Waals surface area contributed by atoms with Gasteiger partial charge in [-0.15, -0.1) is 0 Å². The van der Waals surface area contributed by atoms with E-state index in [0.717, 1.165) is 25.7 Å². The van der Waals surface area contributed by atoms with E-state index in [-0.39, 0.29) is 41.7 Å². The van der Waals surface area contributed by atoms with Gasteiger partial charge in [-0.1, -0.05) is 12.8 Å². The first-order valence-corrected chi connectivity index (χ1v) is 10.4. The Morgan fingerprint density at radius 1 is 1.20 bits per heavy atom. The number of sulfone groups is 1. The molecule has 8 heteroatoms. The van der Waals surface area contributed by atoms with Gasteiger partial charge in [0.25, 0.3) is 5.91 Å². The number of hydrogen-bond donors (Lipinski definition) is 0. The quantitative estimate of drug-likeness (QED) is 0.727. The lowest BCUT2D eigenvalue weighted by atomic mass is 10.1. The summed E-state index contributed by atoms with van der Waals surface area (Å²) in [5, 5.41) is 0. The molecule has 0 unspecified atom stereocenters. The Hall–Kier alpha value is -1.96. The number of esters is 1. The zero-order valence-electron chi connectivity index (χ0n) is 14.0. The Kier molecular flexibility index (Phi) is 5.36. The number of rotatable bonds is 5. The second-order valence-corrected chi connectivity index (χ2v) is 8.84. The van der Waals surface area contributed by atoms with Gasteiger partial charge in [0.2, 0.25) is 0 Å². The van der Waals surface area contributed by atoms with E-state index in [1.54, 1.807) is 23.2 Å². The highest BCUT2D eigenvalue weighted by atomic mass is 32.2. The van der Waals surface area contributed by atoms with Crippen molar-refractivity contribution in [1.82, 2.24) is 9.88 Å². The Balaban J connectivity index is 1.66. The lowest BCUT2D eigenvalue weighted by Crippen LogP contribution is -2.48. The second-order valence-electron chi connectivity index (χ2n) is 6.61. The summed E-state index contributed by atoms with van der Waals surface area (Å²) >= 11 is 0. The Bertz CT molecular complexity index is 729. The van der Waals surface area contributed by atoms with Crippen LogP contribution in [0.2, 0.25) is 0 Å². The van der Waals surface area contributed by atoms with Crippen LogP contribution in [-0.4, -0.2) is 60.4 Å². The normalized spacial score (nSPS) is 22.6. The molecule has 136 valence electrons. The molecule has 3 rings (SSSR count). The molecule has 0 bridgehead atoms. The largest absolute Gasteiger partial charge is 0.452 e. The summed E-state index contributed by atoms with van der Waals surface area (Å²) in [7, 11) is -3.09. The molecule has 1 saturated carbocycles. The molecule has 2 fully saturated rings. The van der Waals surface area contributed by atoms with Crippen molar-refractivity contribution in [3.8, 4) is 0 Å². The summed E-state index contributed by atoms with van der Waals surface area (Å²) in [6, 6.07) is 2.92. The average Bonchev–Trinajstić information content (AvgIpc) is 3.24. The molecule has 1 aliphatic carbocycles. The SMILES string of the molecule is O=C(OCC(=O)N(C1CCCC1)[C@@H]1CCS(=O)(=O)C1)c1cccnc1. The van der Waals surface area contributed by atoms with Crippen LogP contribution < -0.4 is 0 Å². The molecule has 7 nitrogen and oxygen atoms in total. The maximum Gasteiger partial charge on any atom is 0.340 e. The van der Waals surface area contributed by atoms with Gasteiger partial charge < -0.3 is 9.64 Å². The fourth-order valence-corrected chi connectivity index (χ4v) is 5.36. The molecule has 1 amide bonds. The first-order valence-electron chi connectivity index (χ1n) is 8.55. The maximum atomic E-state index is 12.7. The summed E-state index contributed by atoms with van der Waals surface area (Å²) in [4.78, 5) is 30.2. The summed E-state index contributed by atoms with van der Waals surface area (Å²) < 4.78 is 28.7. The summed E-state index contributed by atoms with van der Waals surface area (Å²) in [6.07, 6.45) is 7.20. The van der Waals surface area contributed by atoms with E-state index < -0.39 is 15.8 Å². The zero-order chi connectivity index (χ0) is 17.9. The van der Waals surface area contributed by atoms with E-state index in [1.807, 2.05) is 0 Å². The van der Waals surface area contributed by atoms with E-state index in [9.17, 15) is 18.0 Å². The van der Waals surface area contributed by atoms with Gasteiger partial charge in [-0.2, -0.15) is 0 Å². The maximum absolute atomic E-state index is 12.7. The third-order valence-corrected chi connectivity index (χ3v) is 6.58. The minimum absolute atomic E-state index is 0.00575. The van der Waals surface area contributed by atoms with Crippen LogP contribution in [0.3, 0.4) is 0 Å². The van der Waals surface area contributed by atoms with E-state index in [0.29, 0.717) is 6.42 Å². The van der Waals surface area contributed by atoms with E-state index in [4.69, 9.17) is 4.74 Å². The van der Waals surface area contributed by atoms with Crippen LogP contribution >= 0.6 is 0 Å². The molecule has 0 aromatic carbocycles. The average molecular weight is 366 g/mol. The van der Waals surface area contributed by atoms with Gasteiger partial charge in [-0.3, -0.25) is 9.78 Å². The fourth-order valence-electron chi connectivity index (χ4n) is 3.65. The van der Waals surface area contributed by atoms with Gasteiger partial charge in [0.05, 0.1) is 17.1 Å². The van der Waals surface area contributed by atoms with Crippen LogP contribution in [0.25, 0.3) is 0 Å². The molecule has 1 aromatic heterocycles. The molecule has 1 aliphatic heterocycles. The van der Waals surface area contributed by atoms with Crippen molar-refractivity contribution in [1.29, 1.82) is 0 Å². The van der Waals surface area contributed by atoms with Gasteiger partial charge in [0.1, 0.15) is 0 Å². The van der Waals surface area contributed by atoms with Crippen LogP contribution in [0.5, 0.6) is 0 Å². The van der Waals surface area contributed by atoms with Crippen LogP contribution in [0.15, 0.2) is 24.5 Å². The van der Waals surface area contributed by atoms with Crippen molar-refractivity contribution < 1.29 is 22.7 Å². The van der Waals surface area contributed by atoms with Gasteiger partial charge in [0.15, 0.2) is 16.4 Å². The van der Waals surface area contributed by atoms with Crippen molar-refractivity contribution in [2.24, 2.45) is 0 Å². The first-order chi connectivity index (χ1) is 12.0. The molecule has 1 aromatic rings. The number of carbonyl (C=O) groups excluding carboxylic acids is 2. The van der Waals surface area contributed by atoms with Crippen molar-refractivity contribution in [3.05, 3.63) is 30.1 Å². The molecular weight excluding hydrogens is 344 g/mol. The highest BCUT2D eigenvalue weighted by molar-refractivity contribution is 7.91. The number of pyridine rings is 1. The van der Waals surface area contributed by atoms with Crippen molar-refractivity contribution in [2.75, 3.05) is 18.1 Å². The molecule has 1 atom stereocenters. The minimum atomic E-state index is -3.09. The van der Waals surface area contributed by atoms with Gasteiger partial charge in [-0.25, -0.2) is 13.2 Å². The minimum Gasteiger partial charge on any atom is -0.452 e. The monoisotopic (exact) mass is 366 g/mol. The second kappa shape index (κ2) is 7.51. The molecule has 2 heterocycles. The van der Waals surface area contributed by atoms with E-state index >= 15 is 0 Å².